The van der Waals surface area contributed by atoms with Crippen LogP contribution < -0.4 is 5.32 Å². The maximum absolute atomic E-state index is 12.3. The van der Waals surface area contributed by atoms with Crippen LogP contribution in [-0.4, -0.2) is 36.2 Å². The van der Waals surface area contributed by atoms with E-state index in [1.165, 1.54) is 12.5 Å². The van der Waals surface area contributed by atoms with Crippen LogP contribution >= 0.6 is 0 Å². The fraction of sp³-hybridized carbons (Fsp3) is 0.350. The molecule has 1 amide bonds. The van der Waals surface area contributed by atoms with Gasteiger partial charge in [0.05, 0.1) is 17.8 Å². The van der Waals surface area contributed by atoms with Gasteiger partial charge in [-0.1, -0.05) is 30.3 Å². The third-order valence-corrected chi connectivity index (χ3v) is 4.65. The molecule has 1 aromatic carbocycles. The van der Waals surface area contributed by atoms with Crippen molar-refractivity contribution in [2.75, 3.05) is 0 Å². The van der Waals surface area contributed by atoms with E-state index in [9.17, 15) is 9.59 Å². The van der Waals surface area contributed by atoms with Crippen LogP contribution in [0.1, 0.15) is 40.1 Å². The fourth-order valence-corrected chi connectivity index (χ4v) is 3.23. The highest BCUT2D eigenvalue weighted by Gasteiger charge is 2.17. The van der Waals surface area contributed by atoms with E-state index < -0.39 is 0 Å². The fourth-order valence-electron chi connectivity index (χ4n) is 3.23. The normalized spacial score (nSPS) is 10.8. The van der Waals surface area contributed by atoms with Crippen LogP contribution in [-0.2, 0) is 30.8 Å². The lowest BCUT2D eigenvalue weighted by Crippen LogP contribution is -2.29. The second-order valence-electron chi connectivity index (χ2n) is 6.71. The Balaban J connectivity index is 1.56. The van der Waals surface area contributed by atoms with Crippen molar-refractivity contribution < 1.29 is 9.59 Å². The maximum atomic E-state index is 12.3. The van der Waals surface area contributed by atoms with Gasteiger partial charge in [-0.15, -0.1) is 10.2 Å². The molecule has 2 aromatic heterocycles. The SMILES string of the molecule is CC(=O)c1c(C)nn(CC(=O)NCc2nncn2CCc2ccccc2)c1C. The monoisotopic (exact) mass is 380 g/mol. The number of rotatable bonds is 8. The summed E-state index contributed by atoms with van der Waals surface area (Å²) in [6.45, 7) is 6.15. The molecule has 0 spiro atoms. The van der Waals surface area contributed by atoms with Crippen LogP contribution in [0.25, 0.3) is 0 Å². The number of benzene rings is 1. The molecule has 0 aliphatic rings. The molecule has 0 bridgehead atoms. The van der Waals surface area contributed by atoms with E-state index in [4.69, 9.17) is 0 Å². The molecular formula is C20H24N6O2. The Labute approximate surface area is 163 Å². The zero-order valence-electron chi connectivity index (χ0n) is 16.3. The first-order valence-electron chi connectivity index (χ1n) is 9.18. The quantitative estimate of drug-likeness (QED) is 0.602. The van der Waals surface area contributed by atoms with Gasteiger partial charge in [0.25, 0.3) is 0 Å². The molecule has 0 fully saturated rings. The third kappa shape index (κ3) is 4.51. The number of amides is 1. The highest BCUT2D eigenvalue weighted by atomic mass is 16.2. The maximum Gasteiger partial charge on any atom is 0.242 e. The highest BCUT2D eigenvalue weighted by Crippen LogP contribution is 2.13. The molecular weight excluding hydrogens is 356 g/mol. The van der Waals surface area contributed by atoms with Gasteiger partial charge in [0.15, 0.2) is 11.6 Å². The van der Waals surface area contributed by atoms with Gasteiger partial charge < -0.3 is 9.88 Å². The molecule has 2 heterocycles. The largest absolute Gasteiger partial charge is 0.347 e. The molecule has 28 heavy (non-hydrogen) atoms. The Morgan fingerprint density at radius 3 is 2.57 bits per heavy atom. The van der Waals surface area contributed by atoms with Crippen LogP contribution in [0.4, 0.5) is 0 Å². The number of Topliss-reactive ketones (excluding diaryl/α,β-unsaturated/α-hetero) is 1. The average molecular weight is 380 g/mol. The van der Waals surface area contributed by atoms with E-state index in [2.05, 4.69) is 32.7 Å². The third-order valence-electron chi connectivity index (χ3n) is 4.65. The summed E-state index contributed by atoms with van der Waals surface area (Å²) < 4.78 is 3.49. The van der Waals surface area contributed by atoms with Crippen molar-refractivity contribution in [1.82, 2.24) is 29.9 Å². The van der Waals surface area contributed by atoms with Gasteiger partial charge in [0, 0.05) is 12.2 Å². The Kier molecular flexibility index (Phi) is 5.98. The molecule has 3 rings (SSSR count). The number of nitrogens with zero attached hydrogens (tertiary/aromatic N) is 5. The minimum atomic E-state index is -0.196. The molecule has 0 saturated carbocycles. The molecule has 0 aliphatic carbocycles. The van der Waals surface area contributed by atoms with Crippen LogP contribution in [0.5, 0.6) is 0 Å². The molecule has 3 aromatic rings. The summed E-state index contributed by atoms with van der Waals surface area (Å²) in [5.74, 6) is 0.452. The highest BCUT2D eigenvalue weighted by molar-refractivity contribution is 5.96. The number of carbonyl (C=O) groups is 2. The van der Waals surface area contributed by atoms with E-state index in [0.29, 0.717) is 22.8 Å². The Bertz CT molecular complexity index is 974. The average Bonchev–Trinajstić information content (AvgIpc) is 3.23. The van der Waals surface area contributed by atoms with Crippen molar-refractivity contribution in [3.05, 3.63) is 65.0 Å². The minimum absolute atomic E-state index is 0.0480. The van der Waals surface area contributed by atoms with Crippen LogP contribution in [0.2, 0.25) is 0 Å². The summed E-state index contributed by atoms with van der Waals surface area (Å²) >= 11 is 0. The topological polar surface area (TPSA) is 94.7 Å². The van der Waals surface area contributed by atoms with E-state index in [-0.39, 0.29) is 24.8 Å². The van der Waals surface area contributed by atoms with Crippen LogP contribution in [0.15, 0.2) is 36.7 Å². The van der Waals surface area contributed by atoms with Crippen LogP contribution in [0, 0.1) is 13.8 Å². The first-order chi connectivity index (χ1) is 13.5. The lowest BCUT2D eigenvalue weighted by molar-refractivity contribution is -0.122. The van der Waals surface area contributed by atoms with Crippen molar-refractivity contribution >= 4 is 11.7 Å². The number of hydrogen-bond donors (Lipinski definition) is 1. The first-order valence-corrected chi connectivity index (χ1v) is 9.18. The Morgan fingerprint density at radius 2 is 1.89 bits per heavy atom. The van der Waals surface area contributed by atoms with Crippen molar-refractivity contribution in [3.63, 3.8) is 0 Å². The molecule has 8 heteroatoms. The van der Waals surface area contributed by atoms with Gasteiger partial charge in [0.1, 0.15) is 12.9 Å². The number of aromatic nitrogens is 5. The smallest absolute Gasteiger partial charge is 0.242 e. The molecule has 0 aliphatic heterocycles. The van der Waals surface area contributed by atoms with Gasteiger partial charge in [-0.3, -0.25) is 14.3 Å². The molecule has 1 N–H and O–H groups in total. The number of nitrogens with one attached hydrogen (secondary N) is 1. The van der Waals surface area contributed by atoms with Gasteiger partial charge >= 0.3 is 0 Å². The number of carbonyl (C=O) groups excluding carboxylic acids is 2. The Morgan fingerprint density at radius 1 is 1.14 bits per heavy atom. The number of ketones is 1. The van der Waals surface area contributed by atoms with Gasteiger partial charge in [-0.05, 0) is 32.8 Å². The van der Waals surface area contributed by atoms with Gasteiger partial charge in [0.2, 0.25) is 5.91 Å². The van der Waals surface area contributed by atoms with Crippen molar-refractivity contribution in [1.29, 1.82) is 0 Å². The Hall–Kier alpha value is -3.29. The van der Waals surface area contributed by atoms with Crippen molar-refractivity contribution in [3.8, 4) is 0 Å². The molecule has 0 radical (unpaired) electrons. The minimum Gasteiger partial charge on any atom is -0.347 e. The van der Waals surface area contributed by atoms with Crippen molar-refractivity contribution in [2.45, 2.75) is 46.8 Å². The number of hydrogen-bond acceptors (Lipinski definition) is 5. The number of aryl methyl sites for hydroxylation is 3. The van der Waals surface area contributed by atoms with E-state index in [1.807, 2.05) is 22.8 Å². The molecule has 0 saturated heterocycles. The second kappa shape index (κ2) is 8.60. The summed E-state index contributed by atoms with van der Waals surface area (Å²) in [6.07, 6.45) is 2.53. The summed E-state index contributed by atoms with van der Waals surface area (Å²) in [6, 6.07) is 10.2. The van der Waals surface area contributed by atoms with Crippen molar-refractivity contribution in [2.24, 2.45) is 0 Å². The summed E-state index contributed by atoms with van der Waals surface area (Å²) in [4.78, 5) is 24.0. The predicted octanol–water partition coefficient (Wildman–Crippen LogP) is 1.85. The first kappa shape index (κ1) is 19.5. The summed E-state index contributed by atoms with van der Waals surface area (Å²) in [7, 11) is 0. The van der Waals surface area contributed by atoms with E-state index >= 15 is 0 Å². The molecule has 0 atom stereocenters. The molecule has 8 nitrogen and oxygen atoms in total. The predicted molar refractivity (Wildman–Crippen MR) is 104 cm³/mol. The molecule has 0 unspecified atom stereocenters. The van der Waals surface area contributed by atoms with Gasteiger partial charge in [-0.25, -0.2) is 0 Å². The molecule has 146 valence electrons. The van der Waals surface area contributed by atoms with E-state index in [1.54, 1.807) is 24.9 Å². The summed E-state index contributed by atoms with van der Waals surface area (Å²) in [5, 5.41) is 15.2. The zero-order valence-corrected chi connectivity index (χ0v) is 16.3. The lowest BCUT2D eigenvalue weighted by atomic mass is 10.1. The summed E-state index contributed by atoms with van der Waals surface area (Å²) in [5.41, 5.74) is 3.15. The zero-order chi connectivity index (χ0) is 20.1. The lowest BCUT2D eigenvalue weighted by Gasteiger charge is -2.09. The van der Waals surface area contributed by atoms with E-state index in [0.717, 1.165) is 13.0 Å². The second-order valence-corrected chi connectivity index (χ2v) is 6.71. The van der Waals surface area contributed by atoms with Crippen LogP contribution in [0.3, 0.4) is 0 Å². The van der Waals surface area contributed by atoms with Gasteiger partial charge in [-0.2, -0.15) is 5.10 Å². The standard InChI is InChI=1S/C20H24N6O2/c1-14-20(16(3)27)15(2)26(24-14)12-19(28)21-11-18-23-22-13-25(18)10-9-17-7-5-4-6-8-17/h4-8,13H,9-12H2,1-3H3,(H,21,28).